The van der Waals surface area contributed by atoms with Gasteiger partial charge >= 0.3 is 51.4 Å². The second-order valence-electron chi connectivity index (χ2n) is 25.9. The Balaban J connectivity index is 0.00000173. The van der Waals surface area contributed by atoms with E-state index in [1.807, 2.05) is 50.3 Å². The van der Waals surface area contributed by atoms with Gasteiger partial charge in [0, 0.05) is 55.2 Å². The standard InChI is InChI=1S/C60H86O19.CH4.B.FH.HI.K.2H2.H/c1-28-19-42-44(22-48-54(76-42)30(3)52(65)58-55(77-48)29(2)31(4)60(79-58)25-33(63)27-67-60)73-46-24-51-59(5,78-47(46)20-28)50(64)23-45-36(74-51)11-7-6-10-35-37(71-45)15-16-39-38(69-35)17-18-40-43(70-39)21-49-57(75-40)53(66)56-41(72-49)12-8-9-34(68-56)14-13-32(62)26-61;;;;;;;;/h6-9,13-18,28-58,61-66H,10-12,19-27H2,1-5H3;1H4;;2*1H;;2*1H;/q;;;;;+1;;;-1/b7-6-,14-13+;;;;;;;;/t28-,29+,30+,31+,32+,33+,34-,35-,36+,37+,38+,39-,40-,41+,42+,43+,44-,45-,46+,47-,48+,49-,50-,51-,52?,53-,54-,55-,56+,57-,58+,59+,60?;;;;;;;;/m1......../s1/i;;;;;;1+1;;. The smallest absolute Gasteiger partial charge is 1.00 e. The summed E-state index contributed by atoms with van der Waals surface area (Å²) in [5, 5.41) is 65.9. The van der Waals surface area contributed by atoms with Crippen LogP contribution < -0.4 is 51.4 Å². The summed E-state index contributed by atoms with van der Waals surface area (Å²) in [6.07, 6.45) is 10.5. The summed E-state index contributed by atoms with van der Waals surface area (Å²) < 4.78 is 89.0. The van der Waals surface area contributed by atoms with Crippen molar-refractivity contribution in [1.82, 2.24) is 0 Å². The fraction of sp³-hybridized carbons (Fsp3) is 0.836. The summed E-state index contributed by atoms with van der Waals surface area (Å²) in [6, 6.07) is 0. The maximum atomic E-state index is 12.4. The Morgan fingerprint density at radius 3 is 1.89 bits per heavy atom. The predicted molar refractivity (Wildman–Crippen MR) is 315 cm³/mol. The normalized spacial score (nSPS) is 53.5. The van der Waals surface area contributed by atoms with Crippen LogP contribution in [0.2, 0.25) is 0 Å². The molecule has 19 nitrogen and oxygen atoms in total. The Morgan fingerprint density at radius 1 is 0.583 bits per heavy atom. The van der Waals surface area contributed by atoms with E-state index >= 15 is 0 Å². The van der Waals surface area contributed by atoms with E-state index in [1.54, 1.807) is 6.08 Å². The summed E-state index contributed by atoms with van der Waals surface area (Å²) in [5.74, 6) is -1.19. The zero-order valence-corrected chi connectivity index (χ0v) is 54.0. The number of hydrogen-bond acceptors (Lipinski definition) is 19. The molecule has 0 aromatic carbocycles. The largest absolute Gasteiger partial charge is 1.00 e. The van der Waals surface area contributed by atoms with E-state index in [4.69, 9.17) is 61.6 Å². The van der Waals surface area contributed by atoms with Crippen molar-refractivity contribution < 1.29 is 153 Å². The van der Waals surface area contributed by atoms with Crippen molar-refractivity contribution in [2.45, 2.75) is 282 Å². The van der Waals surface area contributed by atoms with Crippen LogP contribution in [0.1, 0.15) is 111 Å². The molecule has 2 unspecified atom stereocenters. The molecular formula is C61H97BFIKO19. The van der Waals surface area contributed by atoms with E-state index in [2.05, 4.69) is 32.9 Å². The van der Waals surface area contributed by atoms with Gasteiger partial charge in [0.15, 0.2) is 5.79 Å². The molecule has 0 saturated carbocycles. The van der Waals surface area contributed by atoms with E-state index in [0.717, 1.165) is 6.42 Å². The van der Waals surface area contributed by atoms with Crippen molar-refractivity contribution >= 4 is 32.4 Å². The van der Waals surface area contributed by atoms with Crippen molar-refractivity contribution in [3.05, 3.63) is 60.8 Å². The van der Waals surface area contributed by atoms with Gasteiger partial charge in [0.05, 0.1) is 129 Å². The Labute approximate surface area is 560 Å². The van der Waals surface area contributed by atoms with E-state index in [1.165, 1.54) is 6.08 Å². The molecule has 1 spiro atoms. The number of aliphatic hydroxyl groups is 6. The SMILES string of the molecule is C.C[C@@H]1C[C@@H]2O[C@H]3[C@H](C[C@H]2O[C@H]2C[C@H]4O[C@H]5C/C=C\C[C@H]6O[C@H]7C=C[C@H]8O[C@H]9[C@H](O)[C@H]%10O[C@@H](/C=C/[C@H](O)CO)C=CC[C@@H]%10O[C@@H]9C[C@@H]8O[C@@H]7C=C[C@@H]6O[C@@H]5C[C@@H](O)[C@]4(C)O[C@@H]2C1)O[C@@H]1[C@@H](C)[C@H](C)C2(C[C@H](O)CO2)O[C@H]1C(O)[C@@H]3C.F.I.[2HH].[B].[H-].[HH].[K+]. The molecule has 0 aromatic rings. The van der Waals surface area contributed by atoms with Gasteiger partial charge in [-0.25, -0.2) is 0 Å². The van der Waals surface area contributed by atoms with Crippen LogP contribution in [0.5, 0.6) is 0 Å². The van der Waals surface area contributed by atoms with Gasteiger partial charge in [-0.3, -0.25) is 4.70 Å². The van der Waals surface area contributed by atoms with Gasteiger partial charge in [0.2, 0.25) is 0 Å². The number of hydrogen-bond donors (Lipinski definition) is 6. The topological polar surface area (TPSA) is 241 Å². The van der Waals surface area contributed by atoms with Crippen molar-refractivity contribution in [2.24, 2.45) is 23.7 Å². The molecule has 6 N–H and O–H groups in total. The summed E-state index contributed by atoms with van der Waals surface area (Å²) in [7, 11) is 0. The molecule has 13 rings (SSSR count). The predicted octanol–water partition coefficient (Wildman–Crippen LogP) is 1.60. The van der Waals surface area contributed by atoms with Gasteiger partial charge in [-0.1, -0.05) is 95.9 Å². The average Bonchev–Trinajstić information content (AvgIpc) is 1.73. The third-order valence-corrected chi connectivity index (χ3v) is 20.6. The summed E-state index contributed by atoms with van der Waals surface area (Å²) in [6.45, 7) is 10.3. The molecule has 23 heteroatoms. The van der Waals surface area contributed by atoms with Crippen LogP contribution in [0.4, 0.5) is 4.70 Å². The van der Waals surface area contributed by atoms with Gasteiger partial charge < -0.3 is 93.6 Å². The van der Waals surface area contributed by atoms with Crippen LogP contribution in [-0.2, 0) is 61.6 Å². The van der Waals surface area contributed by atoms with E-state index in [9.17, 15) is 30.6 Å². The number of fused-ring (bicyclic) bond motifs is 11. The molecule has 13 aliphatic rings. The van der Waals surface area contributed by atoms with E-state index < -0.39 is 134 Å². The minimum absolute atomic E-state index is 0. The number of aliphatic hydroxyl groups excluding tert-OH is 6. The fourth-order valence-corrected chi connectivity index (χ4v) is 15.9. The molecule has 13 aliphatic heterocycles. The van der Waals surface area contributed by atoms with E-state index in [0.29, 0.717) is 57.8 Å². The minimum Gasteiger partial charge on any atom is -1.00 e. The van der Waals surface area contributed by atoms with Gasteiger partial charge in [0.1, 0.15) is 54.4 Å². The second-order valence-corrected chi connectivity index (χ2v) is 25.9. The monoisotopic (exact) mass is 1330 g/mol. The van der Waals surface area contributed by atoms with Gasteiger partial charge in [-0.2, -0.15) is 0 Å². The van der Waals surface area contributed by atoms with Gasteiger partial charge in [-0.05, 0) is 50.9 Å². The van der Waals surface area contributed by atoms with Gasteiger partial charge in [-0.15, -0.1) is 24.0 Å². The minimum atomic E-state index is -1.04. The van der Waals surface area contributed by atoms with Crippen LogP contribution in [0.25, 0.3) is 0 Å². The van der Waals surface area contributed by atoms with Crippen LogP contribution >= 0.6 is 24.0 Å². The molecule has 0 amide bonds. The van der Waals surface area contributed by atoms with Crippen LogP contribution in [0.15, 0.2) is 60.8 Å². The molecule has 3 radical (unpaired) electrons. The molecule has 0 bridgehead atoms. The van der Waals surface area contributed by atoms with E-state index in [-0.39, 0.29) is 179 Å². The number of ether oxygens (including phenoxy) is 13. The molecule has 0 aromatic heterocycles. The molecule has 13 heterocycles. The average molecular weight is 1330 g/mol. The zero-order valence-electron chi connectivity index (χ0n) is 49.5. The van der Waals surface area contributed by atoms with Crippen molar-refractivity contribution in [3.8, 4) is 0 Å². The van der Waals surface area contributed by atoms with Crippen molar-refractivity contribution in [1.29, 1.82) is 0 Å². The Kier molecular flexibility index (Phi) is 23.9. The molecule has 84 heavy (non-hydrogen) atoms. The molecule has 9 fully saturated rings. The first-order valence-corrected chi connectivity index (χ1v) is 30.0. The summed E-state index contributed by atoms with van der Waals surface area (Å²) >= 11 is 0. The Morgan fingerprint density at radius 2 is 1.17 bits per heavy atom. The molecular weight excluding hydrogens is 1230 g/mol. The Bertz CT molecular complexity index is 2350. The fourth-order valence-electron chi connectivity index (χ4n) is 15.9. The maximum Gasteiger partial charge on any atom is 1.00 e. The summed E-state index contributed by atoms with van der Waals surface area (Å²) in [4.78, 5) is 0. The maximum absolute atomic E-state index is 12.4. The first-order chi connectivity index (χ1) is 38.0. The van der Waals surface area contributed by atoms with Crippen molar-refractivity contribution in [3.63, 3.8) is 0 Å². The molecule has 33 atom stereocenters. The number of rotatable bonds is 3. The van der Waals surface area contributed by atoms with Gasteiger partial charge in [0.25, 0.3) is 0 Å². The first-order valence-electron chi connectivity index (χ1n) is 30.0. The Hall–Kier alpha value is 0.301. The first kappa shape index (κ1) is 70.2. The third kappa shape index (κ3) is 13.4. The van der Waals surface area contributed by atoms with Crippen LogP contribution in [0, 0.1) is 23.7 Å². The summed E-state index contributed by atoms with van der Waals surface area (Å²) in [5.41, 5.74) is -1.04. The quantitative estimate of drug-likeness (QED) is 0.134. The van der Waals surface area contributed by atoms with Crippen LogP contribution in [0.3, 0.4) is 0 Å². The third-order valence-electron chi connectivity index (χ3n) is 20.6. The second kappa shape index (κ2) is 28.7. The van der Waals surface area contributed by atoms with Crippen LogP contribution in [-0.4, -0.2) is 228 Å². The number of halogens is 2. The van der Waals surface area contributed by atoms with Crippen molar-refractivity contribution in [2.75, 3.05) is 13.2 Å². The molecule has 0 aliphatic carbocycles. The zero-order chi connectivity index (χ0) is 54.6. The molecule has 9 saturated heterocycles. The molecule has 473 valence electrons.